The van der Waals surface area contributed by atoms with Crippen LogP contribution in [0.5, 0.6) is 0 Å². The van der Waals surface area contributed by atoms with Crippen LogP contribution in [0.15, 0.2) is 24.3 Å². The van der Waals surface area contributed by atoms with Crippen LogP contribution in [0.2, 0.25) is 0 Å². The molecule has 2 aliphatic rings. The van der Waals surface area contributed by atoms with Crippen molar-refractivity contribution < 1.29 is 29.4 Å². The summed E-state index contributed by atoms with van der Waals surface area (Å²) >= 11 is 0. The Balaban J connectivity index is 1.80. The van der Waals surface area contributed by atoms with Gasteiger partial charge >= 0.3 is 11.9 Å². The first-order valence-corrected chi connectivity index (χ1v) is 12.4. The van der Waals surface area contributed by atoms with Crippen LogP contribution in [0.4, 0.5) is 0 Å². The topological polar surface area (TPSA) is 133 Å². The molecule has 2 aromatic rings. The Morgan fingerprint density at radius 3 is 1.46 bits per heavy atom. The number of carbonyl (C=O) groups is 4. The van der Waals surface area contributed by atoms with E-state index in [2.05, 4.69) is 17.6 Å². The van der Waals surface area contributed by atoms with Crippen molar-refractivity contribution in [3.8, 4) is 0 Å². The number of rotatable bonds is 6. The number of benzene rings is 2. The first-order valence-electron chi connectivity index (χ1n) is 12.4. The number of fused-ring (bicyclic) bond motifs is 1. The van der Waals surface area contributed by atoms with E-state index in [9.17, 15) is 29.4 Å². The van der Waals surface area contributed by atoms with Gasteiger partial charge in [0.25, 0.3) is 11.8 Å². The van der Waals surface area contributed by atoms with E-state index in [1.807, 2.05) is 0 Å². The van der Waals surface area contributed by atoms with Gasteiger partial charge in [-0.25, -0.2) is 9.59 Å². The van der Waals surface area contributed by atoms with Gasteiger partial charge in [0.1, 0.15) is 0 Å². The molecule has 2 saturated carbocycles. The number of amides is 2. The molecule has 4 rings (SSSR count). The zero-order chi connectivity index (χ0) is 25.1. The second-order valence-electron chi connectivity index (χ2n) is 9.92. The third-order valence-electron chi connectivity index (χ3n) is 7.40. The molecule has 2 amide bonds. The molecule has 0 radical (unpaired) electrons. The van der Waals surface area contributed by atoms with E-state index in [1.54, 1.807) is 0 Å². The van der Waals surface area contributed by atoms with E-state index in [1.165, 1.54) is 24.3 Å². The van der Waals surface area contributed by atoms with Crippen molar-refractivity contribution in [3.63, 3.8) is 0 Å². The minimum Gasteiger partial charge on any atom is -0.478 e. The van der Waals surface area contributed by atoms with Gasteiger partial charge < -0.3 is 20.8 Å². The Labute approximate surface area is 204 Å². The molecule has 2 aliphatic carbocycles. The summed E-state index contributed by atoms with van der Waals surface area (Å²) in [5.74, 6) is -2.91. The van der Waals surface area contributed by atoms with E-state index in [-0.39, 0.29) is 45.1 Å². The normalized spacial score (nSPS) is 20.8. The average molecular weight is 481 g/mol. The fraction of sp³-hybridized carbons (Fsp3) is 0.481. The van der Waals surface area contributed by atoms with Crippen LogP contribution < -0.4 is 10.6 Å². The first-order chi connectivity index (χ1) is 16.8. The number of hydrogen-bond donors (Lipinski definition) is 4. The van der Waals surface area contributed by atoms with Crippen molar-refractivity contribution in [2.45, 2.75) is 76.8 Å². The fourth-order valence-corrected chi connectivity index (χ4v) is 5.41. The first kappa shape index (κ1) is 24.7. The van der Waals surface area contributed by atoms with Crippen LogP contribution in [0.3, 0.4) is 0 Å². The van der Waals surface area contributed by atoms with Crippen molar-refractivity contribution in [2.24, 2.45) is 5.92 Å². The number of carboxylic acid groups (broad SMARTS) is 2. The minimum atomic E-state index is -1.29. The highest BCUT2D eigenvalue weighted by Gasteiger charge is 2.28. The van der Waals surface area contributed by atoms with E-state index in [0.29, 0.717) is 5.92 Å². The molecule has 0 aromatic heterocycles. The van der Waals surface area contributed by atoms with Gasteiger partial charge in [0.2, 0.25) is 0 Å². The molecule has 8 nitrogen and oxygen atoms in total. The lowest BCUT2D eigenvalue weighted by atomic mass is 9.87. The quantitative estimate of drug-likeness (QED) is 0.477. The van der Waals surface area contributed by atoms with Crippen molar-refractivity contribution in [1.29, 1.82) is 0 Å². The highest BCUT2D eigenvalue weighted by molar-refractivity contribution is 6.23. The van der Waals surface area contributed by atoms with Gasteiger partial charge in [-0.3, -0.25) is 9.59 Å². The molecule has 186 valence electrons. The molecule has 2 fully saturated rings. The largest absolute Gasteiger partial charge is 0.478 e. The van der Waals surface area contributed by atoms with Crippen LogP contribution >= 0.6 is 0 Å². The summed E-state index contributed by atoms with van der Waals surface area (Å²) in [6.07, 6.45) is 8.47. The average Bonchev–Trinajstić information content (AvgIpc) is 2.84. The maximum Gasteiger partial charge on any atom is 0.336 e. The van der Waals surface area contributed by atoms with E-state index < -0.39 is 23.8 Å². The predicted molar refractivity (Wildman–Crippen MR) is 131 cm³/mol. The molecular weight excluding hydrogens is 448 g/mol. The molecule has 35 heavy (non-hydrogen) atoms. The second-order valence-corrected chi connectivity index (χ2v) is 9.92. The van der Waals surface area contributed by atoms with Gasteiger partial charge in [-0.2, -0.15) is 0 Å². The standard InChI is InChI=1S/C27H32N2O6/c1-15-7-9-17(10-8-15)29-25(31)19-12-11-18(24(30)28-16-5-3-2-4-6-16)22-20(26(32)33)13-14-21(23(19)22)27(34)35/h11-17H,2-10H2,1H3,(H,28,30)(H,29,31)(H,32,33)(H,34,35). The molecule has 0 heterocycles. The summed E-state index contributed by atoms with van der Waals surface area (Å²) in [6, 6.07) is 5.22. The Bertz CT molecular complexity index is 1160. The smallest absolute Gasteiger partial charge is 0.336 e. The molecule has 0 unspecified atom stereocenters. The predicted octanol–water partition coefficient (Wildman–Crippen LogP) is 4.61. The van der Waals surface area contributed by atoms with Crippen molar-refractivity contribution in [1.82, 2.24) is 10.6 Å². The molecule has 8 heteroatoms. The maximum atomic E-state index is 13.3. The van der Waals surface area contributed by atoms with E-state index in [4.69, 9.17) is 0 Å². The summed E-state index contributed by atoms with van der Waals surface area (Å²) < 4.78 is 0. The molecule has 0 atom stereocenters. The molecular formula is C27H32N2O6. The summed E-state index contributed by atoms with van der Waals surface area (Å²) in [5, 5.41) is 25.7. The van der Waals surface area contributed by atoms with Crippen LogP contribution in [0, 0.1) is 5.92 Å². The monoisotopic (exact) mass is 480 g/mol. The fourth-order valence-electron chi connectivity index (χ4n) is 5.41. The number of aromatic carboxylic acids is 2. The third-order valence-corrected chi connectivity index (χ3v) is 7.40. The van der Waals surface area contributed by atoms with Crippen LogP contribution in [0.1, 0.15) is 106 Å². The molecule has 0 aliphatic heterocycles. The van der Waals surface area contributed by atoms with Crippen molar-refractivity contribution in [3.05, 3.63) is 46.5 Å². The summed E-state index contributed by atoms with van der Waals surface area (Å²) in [7, 11) is 0. The van der Waals surface area contributed by atoms with Gasteiger partial charge in [-0.05, 0) is 68.7 Å². The Hall–Kier alpha value is -3.42. The Morgan fingerprint density at radius 2 is 1.03 bits per heavy atom. The summed E-state index contributed by atoms with van der Waals surface area (Å²) in [5.41, 5.74) is -0.290. The second kappa shape index (κ2) is 10.5. The lowest BCUT2D eigenvalue weighted by molar-refractivity contribution is 0.0684. The number of carbonyl (C=O) groups excluding carboxylic acids is 2. The van der Waals surface area contributed by atoms with Gasteiger partial charge in [0, 0.05) is 34.0 Å². The number of carboxylic acids is 2. The van der Waals surface area contributed by atoms with Crippen molar-refractivity contribution in [2.75, 3.05) is 0 Å². The van der Waals surface area contributed by atoms with Gasteiger partial charge in [-0.1, -0.05) is 26.2 Å². The van der Waals surface area contributed by atoms with Crippen LogP contribution in [-0.2, 0) is 0 Å². The zero-order valence-corrected chi connectivity index (χ0v) is 19.9. The van der Waals surface area contributed by atoms with E-state index in [0.717, 1.165) is 57.8 Å². The molecule has 2 aromatic carbocycles. The lowest BCUT2D eigenvalue weighted by Gasteiger charge is -2.27. The van der Waals surface area contributed by atoms with Crippen molar-refractivity contribution >= 4 is 34.5 Å². The highest BCUT2D eigenvalue weighted by Crippen LogP contribution is 2.32. The maximum absolute atomic E-state index is 13.3. The van der Waals surface area contributed by atoms with Crippen LogP contribution in [0.25, 0.3) is 10.8 Å². The van der Waals surface area contributed by atoms with Gasteiger partial charge in [-0.15, -0.1) is 0 Å². The molecule has 0 bridgehead atoms. The highest BCUT2D eigenvalue weighted by atomic mass is 16.4. The van der Waals surface area contributed by atoms with Gasteiger partial charge in [0.15, 0.2) is 0 Å². The van der Waals surface area contributed by atoms with E-state index >= 15 is 0 Å². The molecule has 4 N–H and O–H groups in total. The Kier molecular flexibility index (Phi) is 7.38. The number of hydrogen-bond acceptors (Lipinski definition) is 4. The molecule has 0 spiro atoms. The zero-order valence-electron chi connectivity index (χ0n) is 19.9. The van der Waals surface area contributed by atoms with Gasteiger partial charge in [0.05, 0.1) is 11.1 Å². The SMILES string of the molecule is CC1CCC(NC(=O)c2ccc(C(=O)NC3CCCCC3)c3c(C(=O)O)ccc(C(=O)O)c23)CC1. The lowest BCUT2D eigenvalue weighted by Crippen LogP contribution is -2.38. The third kappa shape index (κ3) is 5.31. The molecule has 0 saturated heterocycles. The summed E-state index contributed by atoms with van der Waals surface area (Å²) in [4.78, 5) is 50.8. The Morgan fingerprint density at radius 1 is 0.629 bits per heavy atom. The summed E-state index contributed by atoms with van der Waals surface area (Å²) in [6.45, 7) is 2.18. The minimum absolute atomic E-state index is 0.0149. The number of nitrogens with one attached hydrogen (secondary N) is 2. The van der Waals surface area contributed by atoms with Crippen LogP contribution in [-0.4, -0.2) is 46.0 Å².